The monoisotopic (exact) mass is 266 g/mol. The van der Waals surface area contributed by atoms with Gasteiger partial charge in [0, 0.05) is 13.0 Å². The van der Waals surface area contributed by atoms with Crippen LogP contribution in [0.3, 0.4) is 0 Å². The second kappa shape index (κ2) is 5.00. The highest BCUT2D eigenvalue weighted by Gasteiger charge is 2.10. The number of phenolic OH excluding ortho intramolecular Hbond substituents is 1. The Kier molecular flexibility index (Phi) is 3.18. The molecule has 20 heavy (non-hydrogen) atoms. The first-order chi connectivity index (χ1) is 9.67. The van der Waals surface area contributed by atoms with Gasteiger partial charge in [0.05, 0.1) is 11.0 Å². The minimum Gasteiger partial charge on any atom is -0.508 e. The lowest BCUT2D eigenvalue weighted by atomic mass is 10.1. The Labute approximate surface area is 118 Å². The van der Waals surface area contributed by atoms with Crippen molar-refractivity contribution in [3.63, 3.8) is 0 Å². The molecule has 0 unspecified atom stereocenters. The third-order valence-corrected chi connectivity index (χ3v) is 3.60. The molecule has 0 saturated heterocycles. The first-order valence-corrected chi connectivity index (χ1v) is 6.91. The van der Waals surface area contributed by atoms with Gasteiger partial charge in [0.25, 0.3) is 0 Å². The van der Waals surface area contributed by atoms with Crippen LogP contribution in [0.1, 0.15) is 23.9 Å². The van der Waals surface area contributed by atoms with Crippen molar-refractivity contribution in [2.24, 2.45) is 0 Å². The second-order valence-electron chi connectivity index (χ2n) is 5.11. The highest BCUT2D eigenvalue weighted by atomic mass is 16.3. The molecule has 0 aliphatic carbocycles. The number of nitrogens with zero attached hydrogens (tertiary/aromatic N) is 2. The topological polar surface area (TPSA) is 38.0 Å². The van der Waals surface area contributed by atoms with E-state index in [1.54, 1.807) is 12.1 Å². The van der Waals surface area contributed by atoms with E-state index < -0.39 is 0 Å². The quantitative estimate of drug-likeness (QED) is 0.785. The van der Waals surface area contributed by atoms with E-state index in [9.17, 15) is 5.11 Å². The average molecular weight is 266 g/mol. The number of aromatic hydroxyl groups is 1. The van der Waals surface area contributed by atoms with Crippen LogP contribution in [-0.4, -0.2) is 14.7 Å². The van der Waals surface area contributed by atoms with Crippen LogP contribution >= 0.6 is 0 Å². The van der Waals surface area contributed by atoms with E-state index in [-0.39, 0.29) is 0 Å². The number of aromatic nitrogens is 2. The molecule has 0 fully saturated rings. The number of aryl methyl sites for hydroxylation is 2. The molecule has 2 aromatic carbocycles. The molecule has 3 rings (SSSR count). The molecule has 0 amide bonds. The molecule has 0 aliphatic rings. The van der Waals surface area contributed by atoms with Gasteiger partial charge in [-0.25, -0.2) is 4.98 Å². The molecule has 1 heterocycles. The minimum absolute atomic E-state index is 0.299. The maximum absolute atomic E-state index is 9.35. The van der Waals surface area contributed by atoms with Gasteiger partial charge in [-0.05, 0) is 49.2 Å². The Bertz CT molecular complexity index is 742. The summed E-state index contributed by atoms with van der Waals surface area (Å²) in [5, 5.41) is 9.35. The van der Waals surface area contributed by atoms with Gasteiger partial charge in [0.15, 0.2) is 0 Å². The summed E-state index contributed by atoms with van der Waals surface area (Å²) in [6.07, 6.45) is 0.780. The number of hydrogen-bond acceptors (Lipinski definition) is 2. The van der Waals surface area contributed by atoms with E-state index in [4.69, 9.17) is 4.98 Å². The molecule has 102 valence electrons. The molecule has 1 N–H and O–H groups in total. The van der Waals surface area contributed by atoms with Crippen molar-refractivity contribution in [2.75, 3.05) is 0 Å². The van der Waals surface area contributed by atoms with Gasteiger partial charge in [-0.15, -0.1) is 0 Å². The van der Waals surface area contributed by atoms with Crippen molar-refractivity contribution in [1.29, 1.82) is 0 Å². The van der Waals surface area contributed by atoms with Crippen molar-refractivity contribution in [1.82, 2.24) is 9.55 Å². The van der Waals surface area contributed by atoms with Crippen molar-refractivity contribution in [3.8, 4) is 5.75 Å². The average Bonchev–Trinajstić information content (AvgIpc) is 2.77. The van der Waals surface area contributed by atoms with E-state index in [1.165, 1.54) is 11.1 Å². The molecule has 0 spiro atoms. The van der Waals surface area contributed by atoms with E-state index in [2.05, 4.69) is 36.6 Å². The van der Waals surface area contributed by atoms with E-state index in [0.717, 1.165) is 29.9 Å². The fourth-order valence-electron chi connectivity index (χ4n) is 2.57. The molecule has 1 aromatic heterocycles. The van der Waals surface area contributed by atoms with Crippen LogP contribution in [0.5, 0.6) is 5.75 Å². The Hall–Kier alpha value is -2.29. The van der Waals surface area contributed by atoms with Crippen LogP contribution < -0.4 is 0 Å². The van der Waals surface area contributed by atoms with Crippen molar-refractivity contribution < 1.29 is 5.11 Å². The zero-order valence-corrected chi connectivity index (χ0v) is 11.8. The molecule has 0 bridgehead atoms. The molecule has 0 saturated carbocycles. The van der Waals surface area contributed by atoms with Gasteiger partial charge < -0.3 is 9.67 Å². The summed E-state index contributed by atoms with van der Waals surface area (Å²) in [7, 11) is 0. The van der Waals surface area contributed by atoms with Gasteiger partial charge in [0.1, 0.15) is 11.6 Å². The van der Waals surface area contributed by atoms with Crippen LogP contribution in [0.25, 0.3) is 11.0 Å². The number of rotatable bonds is 3. The SMILES string of the molecule is CCn1c(Cc2ccc(O)cc2)nc2cc(C)ccc21. The lowest BCUT2D eigenvalue weighted by molar-refractivity contribution is 0.475. The van der Waals surface area contributed by atoms with Crippen LogP contribution in [-0.2, 0) is 13.0 Å². The number of fused-ring (bicyclic) bond motifs is 1. The maximum Gasteiger partial charge on any atom is 0.115 e. The predicted octanol–water partition coefficient (Wildman–Crippen LogP) is 3.66. The lowest BCUT2D eigenvalue weighted by Gasteiger charge is -2.06. The van der Waals surface area contributed by atoms with E-state index >= 15 is 0 Å². The van der Waals surface area contributed by atoms with Crippen molar-refractivity contribution >= 4 is 11.0 Å². The third-order valence-electron chi connectivity index (χ3n) is 3.60. The maximum atomic E-state index is 9.35. The van der Waals surface area contributed by atoms with Crippen LogP contribution in [0.2, 0.25) is 0 Å². The summed E-state index contributed by atoms with van der Waals surface area (Å²) in [4.78, 5) is 4.76. The zero-order chi connectivity index (χ0) is 14.1. The summed E-state index contributed by atoms with van der Waals surface area (Å²) in [6.45, 7) is 5.14. The predicted molar refractivity (Wildman–Crippen MR) is 81.1 cm³/mol. The number of hydrogen-bond donors (Lipinski definition) is 1. The molecule has 3 nitrogen and oxygen atoms in total. The van der Waals surface area contributed by atoms with Crippen molar-refractivity contribution in [3.05, 3.63) is 59.4 Å². The Morgan fingerprint density at radius 1 is 1.10 bits per heavy atom. The second-order valence-corrected chi connectivity index (χ2v) is 5.11. The summed E-state index contributed by atoms with van der Waals surface area (Å²) >= 11 is 0. The molecule has 3 aromatic rings. The fourth-order valence-corrected chi connectivity index (χ4v) is 2.57. The van der Waals surface area contributed by atoms with Gasteiger partial charge in [-0.3, -0.25) is 0 Å². The summed E-state index contributed by atoms with van der Waals surface area (Å²) < 4.78 is 2.25. The standard InChI is InChI=1S/C17H18N2O/c1-3-19-16-9-4-12(2)10-15(16)18-17(19)11-13-5-7-14(20)8-6-13/h4-10,20H,3,11H2,1-2H3. The van der Waals surface area contributed by atoms with Gasteiger partial charge in [-0.2, -0.15) is 0 Å². The fraction of sp³-hybridized carbons (Fsp3) is 0.235. The Balaban J connectivity index is 2.04. The molecule has 0 radical (unpaired) electrons. The molecule has 0 atom stereocenters. The first kappa shape index (κ1) is 12.7. The summed E-state index contributed by atoms with van der Waals surface area (Å²) in [6, 6.07) is 13.7. The van der Waals surface area contributed by atoms with Crippen LogP contribution in [0, 0.1) is 6.92 Å². The van der Waals surface area contributed by atoms with Gasteiger partial charge >= 0.3 is 0 Å². The molecular weight excluding hydrogens is 248 g/mol. The van der Waals surface area contributed by atoms with Crippen molar-refractivity contribution in [2.45, 2.75) is 26.8 Å². The first-order valence-electron chi connectivity index (χ1n) is 6.91. The Morgan fingerprint density at radius 3 is 2.55 bits per heavy atom. The van der Waals surface area contributed by atoms with Crippen LogP contribution in [0.4, 0.5) is 0 Å². The van der Waals surface area contributed by atoms with Gasteiger partial charge in [-0.1, -0.05) is 18.2 Å². The number of imidazole rings is 1. The lowest BCUT2D eigenvalue weighted by Crippen LogP contribution is -2.02. The number of benzene rings is 2. The van der Waals surface area contributed by atoms with Gasteiger partial charge in [0.2, 0.25) is 0 Å². The largest absolute Gasteiger partial charge is 0.508 e. The summed E-state index contributed by atoms with van der Waals surface area (Å²) in [5.41, 5.74) is 4.63. The molecule has 3 heteroatoms. The Morgan fingerprint density at radius 2 is 1.85 bits per heavy atom. The summed E-state index contributed by atoms with van der Waals surface area (Å²) in [5.74, 6) is 1.37. The highest BCUT2D eigenvalue weighted by molar-refractivity contribution is 5.77. The smallest absolute Gasteiger partial charge is 0.115 e. The third kappa shape index (κ3) is 2.27. The normalized spacial score (nSPS) is 11.1. The van der Waals surface area contributed by atoms with E-state index in [1.807, 2.05) is 12.1 Å². The molecular formula is C17H18N2O. The zero-order valence-electron chi connectivity index (χ0n) is 11.8. The minimum atomic E-state index is 0.299. The highest BCUT2D eigenvalue weighted by Crippen LogP contribution is 2.20. The van der Waals surface area contributed by atoms with E-state index in [0.29, 0.717) is 5.75 Å². The number of phenols is 1. The van der Waals surface area contributed by atoms with Crippen LogP contribution in [0.15, 0.2) is 42.5 Å². The molecule has 0 aliphatic heterocycles.